The van der Waals surface area contributed by atoms with Crippen LogP contribution in [0, 0.1) is 0 Å². The molecule has 8 heteroatoms. The van der Waals surface area contributed by atoms with Gasteiger partial charge in [0.15, 0.2) is 5.96 Å². The second kappa shape index (κ2) is 11.1. The fourth-order valence-corrected chi connectivity index (χ4v) is 3.99. The van der Waals surface area contributed by atoms with Crippen LogP contribution < -0.4 is 37.0 Å². The monoisotopic (exact) mass is 480 g/mol. The van der Waals surface area contributed by atoms with E-state index in [-0.39, 0.29) is 17.9 Å². The van der Waals surface area contributed by atoms with Crippen molar-refractivity contribution in [3.63, 3.8) is 0 Å². The lowest BCUT2D eigenvalue weighted by Crippen LogP contribution is -2.28. The minimum absolute atomic E-state index is 0.0922. The number of carbonyl (C=O) groups is 2. The Hall–Kier alpha value is -4.85. The summed E-state index contributed by atoms with van der Waals surface area (Å²) in [4.78, 5) is 29.6. The lowest BCUT2D eigenvalue weighted by molar-refractivity contribution is -0.111. The average Bonchev–Trinajstić information content (AvgIpc) is 3.33. The van der Waals surface area contributed by atoms with Crippen molar-refractivity contribution >= 4 is 47.2 Å². The molecule has 5 N–H and O–H groups in total. The van der Waals surface area contributed by atoms with Gasteiger partial charge in [-0.3, -0.25) is 9.69 Å². The Morgan fingerprint density at radius 3 is 2.56 bits per heavy atom. The molecule has 0 unspecified atom stereocenters. The van der Waals surface area contributed by atoms with Crippen LogP contribution in [0.3, 0.4) is 0 Å². The molecule has 0 spiro atoms. The highest BCUT2D eigenvalue weighted by Crippen LogP contribution is 2.20. The van der Waals surface area contributed by atoms with Crippen molar-refractivity contribution in [3.8, 4) is 11.1 Å². The van der Waals surface area contributed by atoms with Gasteiger partial charge in [0.1, 0.15) is 0 Å². The largest absolute Gasteiger partial charge is 0.369 e. The topological polar surface area (TPSA) is 112 Å². The number of urea groups is 1. The summed E-state index contributed by atoms with van der Waals surface area (Å²) in [5, 5.41) is 10.6. The molecule has 0 bridgehead atoms. The Bertz CT molecular complexity index is 1440. The van der Waals surface area contributed by atoms with Crippen LogP contribution >= 0.6 is 0 Å². The molecule has 36 heavy (non-hydrogen) atoms. The van der Waals surface area contributed by atoms with E-state index in [4.69, 9.17) is 5.73 Å². The van der Waals surface area contributed by atoms with Crippen molar-refractivity contribution in [1.29, 1.82) is 0 Å². The zero-order valence-corrected chi connectivity index (χ0v) is 20.0. The smallest absolute Gasteiger partial charge is 0.321 e. The zero-order valence-electron chi connectivity index (χ0n) is 20.0. The van der Waals surface area contributed by atoms with E-state index in [0.717, 1.165) is 32.9 Å². The van der Waals surface area contributed by atoms with Gasteiger partial charge in [0.25, 0.3) is 0 Å². The standard InChI is InChI=1S/C28H28N6O2/c1-3-24-20(8-6-10-25(24)19-7-5-9-22(17-19)32-26(35)4-2)18-31-27(29)33-21-11-13-23(14-12-21)34-16-15-30-28(34)36/h3-14,17-18H,2,15-16H2,1H3,(H,30,36)(H,32,35)(H3,29,31,33)/b20-18-,24-3+. The molecule has 182 valence electrons. The van der Waals surface area contributed by atoms with Crippen LogP contribution in [0.4, 0.5) is 21.9 Å². The molecule has 3 aromatic rings. The number of anilines is 3. The summed E-state index contributed by atoms with van der Waals surface area (Å²) in [5.74, 6) is -0.0201. The van der Waals surface area contributed by atoms with Gasteiger partial charge in [-0.2, -0.15) is 0 Å². The number of nitrogens with two attached hydrogens (primary N) is 1. The molecular formula is C28H28N6O2. The second-order valence-electron chi connectivity index (χ2n) is 8.07. The highest BCUT2D eigenvalue weighted by atomic mass is 16.2. The van der Waals surface area contributed by atoms with E-state index in [0.29, 0.717) is 18.8 Å². The molecule has 8 nitrogen and oxygen atoms in total. The highest BCUT2D eigenvalue weighted by Gasteiger charge is 2.20. The molecule has 3 amide bonds. The SMILES string of the molecule is C=CC(=O)Nc1cccc(-c2cccc(=C/N=C(N)Nc3ccc(N4CCNC4=O)cc3)/c2=C\C)c1. The molecule has 0 aromatic heterocycles. The third-order valence-electron chi connectivity index (χ3n) is 5.71. The van der Waals surface area contributed by atoms with Crippen molar-refractivity contribution in [2.45, 2.75) is 6.92 Å². The average molecular weight is 481 g/mol. The number of hydrogen-bond acceptors (Lipinski definition) is 3. The van der Waals surface area contributed by atoms with Gasteiger partial charge in [0, 0.05) is 41.6 Å². The van der Waals surface area contributed by atoms with Gasteiger partial charge in [0.2, 0.25) is 5.91 Å². The number of hydrogen-bond donors (Lipinski definition) is 4. The summed E-state index contributed by atoms with van der Waals surface area (Å²) >= 11 is 0. The highest BCUT2D eigenvalue weighted by molar-refractivity contribution is 5.99. The third kappa shape index (κ3) is 5.61. The minimum atomic E-state index is -0.259. The second-order valence-corrected chi connectivity index (χ2v) is 8.07. The summed E-state index contributed by atoms with van der Waals surface area (Å²) in [6.45, 7) is 6.75. The van der Waals surface area contributed by atoms with E-state index in [1.54, 1.807) is 11.1 Å². The summed E-state index contributed by atoms with van der Waals surface area (Å²) in [5.41, 5.74) is 10.4. The van der Waals surface area contributed by atoms with E-state index in [1.165, 1.54) is 6.08 Å². The van der Waals surface area contributed by atoms with E-state index in [1.807, 2.05) is 79.7 Å². The normalized spacial score (nSPS) is 14.5. The molecule has 1 aliphatic rings. The molecule has 1 saturated heterocycles. The van der Waals surface area contributed by atoms with Gasteiger partial charge < -0.3 is 21.7 Å². The van der Waals surface area contributed by atoms with Gasteiger partial charge in [-0.25, -0.2) is 9.79 Å². The lowest BCUT2D eigenvalue weighted by Gasteiger charge is -2.14. The van der Waals surface area contributed by atoms with Crippen molar-refractivity contribution in [3.05, 3.63) is 89.8 Å². The predicted octanol–water partition coefficient (Wildman–Crippen LogP) is 2.97. The number of nitrogens with zero attached hydrogens (tertiary/aromatic N) is 2. The number of benzene rings is 3. The van der Waals surface area contributed by atoms with Crippen molar-refractivity contribution in [2.75, 3.05) is 28.6 Å². The van der Waals surface area contributed by atoms with E-state index >= 15 is 0 Å². The van der Waals surface area contributed by atoms with Crippen LogP contribution in [-0.2, 0) is 4.79 Å². The van der Waals surface area contributed by atoms with Gasteiger partial charge >= 0.3 is 6.03 Å². The van der Waals surface area contributed by atoms with E-state index in [2.05, 4.69) is 27.5 Å². The molecule has 4 rings (SSSR count). The Morgan fingerprint density at radius 2 is 1.86 bits per heavy atom. The summed E-state index contributed by atoms with van der Waals surface area (Å²) in [6, 6.07) is 20.9. The maximum absolute atomic E-state index is 11.8. The van der Waals surface area contributed by atoms with Crippen molar-refractivity contribution < 1.29 is 9.59 Å². The first-order chi connectivity index (χ1) is 17.5. The Labute approximate surface area is 209 Å². The quantitative estimate of drug-likeness (QED) is 0.247. The molecule has 3 aromatic carbocycles. The summed E-state index contributed by atoms with van der Waals surface area (Å²) in [7, 11) is 0. The third-order valence-corrected chi connectivity index (χ3v) is 5.71. The number of aliphatic imine (C=N–C) groups is 1. The fourth-order valence-electron chi connectivity index (χ4n) is 3.99. The summed E-state index contributed by atoms with van der Waals surface area (Å²) < 4.78 is 0. The lowest BCUT2D eigenvalue weighted by atomic mass is 10.0. The van der Waals surface area contributed by atoms with Crippen LogP contribution in [0.2, 0.25) is 0 Å². The van der Waals surface area contributed by atoms with Crippen LogP contribution in [0.15, 0.2) is 84.4 Å². The first kappa shape index (κ1) is 24.3. The van der Waals surface area contributed by atoms with E-state index in [9.17, 15) is 9.59 Å². The number of guanidine groups is 1. The maximum Gasteiger partial charge on any atom is 0.321 e. The zero-order chi connectivity index (χ0) is 25.5. The predicted molar refractivity (Wildman–Crippen MR) is 147 cm³/mol. The molecular weight excluding hydrogens is 452 g/mol. The summed E-state index contributed by atoms with van der Waals surface area (Å²) in [6.07, 6.45) is 4.97. The first-order valence-electron chi connectivity index (χ1n) is 11.5. The van der Waals surface area contributed by atoms with Crippen molar-refractivity contribution in [1.82, 2.24) is 5.32 Å². The van der Waals surface area contributed by atoms with Crippen LogP contribution in [0.1, 0.15) is 6.92 Å². The van der Waals surface area contributed by atoms with Gasteiger partial charge in [-0.05, 0) is 65.7 Å². The Morgan fingerprint density at radius 1 is 1.08 bits per heavy atom. The number of rotatable bonds is 6. The van der Waals surface area contributed by atoms with Crippen molar-refractivity contribution in [2.24, 2.45) is 10.7 Å². The molecule has 1 aliphatic heterocycles. The van der Waals surface area contributed by atoms with Gasteiger partial charge in [-0.15, -0.1) is 0 Å². The van der Waals surface area contributed by atoms with Gasteiger partial charge in [0.05, 0.1) is 0 Å². The molecule has 1 heterocycles. The molecule has 0 saturated carbocycles. The van der Waals surface area contributed by atoms with Crippen LogP contribution in [0.25, 0.3) is 23.4 Å². The number of nitrogens with one attached hydrogen (secondary N) is 3. The molecule has 0 aliphatic carbocycles. The molecule has 0 radical (unpaired) electrons. The Balaban J connectivity index is 1.56. The number of amides is 3. The molecule has 0 atom stereocenters. The van der Waals surface area contributed by atoms with E-state index < -0.39 is 0 Å². The van der Waals surface area contributed by atoms with Crippen LogP contribution in [-0.4, -0.2) is 31.0 Å². The Kier molecular flexibility index (Phi) is 7.45. The van der Waals surface area contributed by atoms with Gasteiger partial charge in [-0.1, -0.05) is 43.0 Å². The molecule has 1 fully saturated rings. The maximum atomic E-state index is 11.8. The van der Waals surface area contributed by atoms with Crippen LogP contribution in [0.5, 0.6) is 0 Å². The minimum Gasteiger partial charge on any atom is -0.369 e. The fraction of sp³-hybridized carbons (Fsp3) is 0.107. The first-order valence-corrected chi connectivity index (χ1v) is 11.5. The number of carbonyl (C=O) groups excluding carboxylic acids is 2.